The Balaban J connectivity index is 1.64. The molecule has 24 heavy (non-hydrogen) atoms. The molecule has 2 aromatic carbocycles. The van der Waals surface area contributed by atoms with E-state index in [1.165, 1.54) is 0 Å². The molecular formula is C16H15ClN6O. The van der Waals surface area contributed by atoms with Crippen molar-refractivity contribution in [2.75, 3.05) is 5.32 Å². The van der Waals surface area contributed by atoms with Gasteiger partial charge < -0.3 is 10.6 Å². The summed E-state index contributed by atoms with van der Waals surface area (Å²) in [5, 5.41) is 17.5. The first-order valence-corrected chi connectivity index (χ1v) is 7.64. The number of anilines is 1. The lowest BCUT2D eigenvalue weighted by atomic mass is 10.2. The third-order valence-electron chi connectivity index (χ3n) is 3.30. The minimum Gasteiger partial charge on any atom is -0.330 e. The van der Waals surface area contributed by atoms with Gasteiger partial charge in [0.1, 0.15) is 0 Å². The summed E-state index contributed by atoms with van der Waals surface area (Å²) in [6, 6.07) is 14.3. The molecule has 0 saturated carbocycles. The summed E-state index contributed by atoms with van der Waals surface area (Å²) in [4.78, 5) is 12.0. The van der Waals surface area contributed by atoms with Gasteiger partial charge in [-0.05, 0) is 47.7 Å². The molecule has 0 radical (unpaired) electrons. The largest absolute Gasteiger partial charge is 0.330 e. The number of hydrogen-bond donors (Lipinski definition) is 2. The quantitative estimate of drug-likeness (QED) is 0.763. The number of halogens is 1. The van der Waals surface area contributed by atoms with Gasteiger partial charge in [-0.25, -0.2) is 4.79 Å². The van der Waals surface area contributed by atoms with Gasteiger partial charge in [0, 0.05) is 10.7 Å². The molecule has 1 heterocycles. The predicted molar refractivity (Wildman–Crippen MR) is 91.2 cm³/mol. The van der Waals surface area contributed by atoms with E-state index in [1.54, 1.807) is 28.9 Å². The number of hydrogen-bond acceptors (Lipinski definition) is 4. The van der Waals surface area contributed by atoms with Crippen LogP contribution in [-0.4, -0.2) is 26.2 Å². The first-order chi connectivity index (χ1) is 11.6. The summed E-state index contributed by atoms with van der Waals surface area (Å²) in [6.07, 6.45) is 0. The Morgan fingerprint density at radius 3 is 2.75 bits per heavy atom. The van der Waals surface area contributed by atoms with Crippen LogP contribution in [-0.2, 0) is 6.54 Å². The van der Waals surface area contributed by atoms with Gasteiger partial charge in [0.05, 0.1) is 12.2 Å². The zero-order valence-electron chi connectivity index (χ0n) is 12.9. The molecule has 0 aliphatic rings. The van der Waals surface area contributed by atoms with Gasteiger partial charge in [0.2, 0.25) is 0 Å². The Bertz CT molecular complexity index is 846. The molecule has 0 atom stereocenters. The third-order valence-corrected chi connectivity index (χ3v) is 3.54. The zero-order chi connectivity index (χ0) is 16.9. The number of carbonyl (C=O) groups excluding carboxylic acids is 1. The number of benzene rings is 2. The van der Waals surface area contributed by atoms with Crippen LogP contribution in [0.5, 0.6) is 0 Å². The molecule has 1 aromatic heterocycles. The fourth-order valence-corrected chi connectivity index (χ4v) is 2.29. The smallest absolute Gasteiger partial charge is 0.319 e. The number of nitrogens with zero attached hydrogens (tertiary/aromatic N) is 4. The highest BCUT2D eigenvalue weighted by atomic mass is 35.5. The number of carbonyl (C=O) groups is 1. The van der Waals surface area contributed by atoms with Crippen molar-refractivity contribution in [2.45, 2.75) is 13.5 Å². The Morgan fingerprint density at radius 2 is 2.00 bits per heavy atom. The highest BCUT2D eigenvalue weighted by Crippen LogP contribution is 2.14. The van der Waals surface area contributed by atoms with Crippen molar-refractivity contribution < 1.29 is 4.79 Å². The van der Waals surface area contributed by atoms with E-state index < -0.39 is 0 Å². The summed E-state index contributed by atoms with van der Waals surface area (Å²) in [7, 11) is 0. The maximum absolute atomic E-state index is 12.0. The van der Waals surface area contributed by atoms with Gasteiger partial charge in [-0.2, -0.15) is 4.68 Å². The van der Waals surface area contributed by atoms with Crippen LogP contribution < -0.4 is 10.6 Å². The molecule has 0 saturated heterocycles. The number of tetrazole rings is 1. The minimum absolute atomic E-state index is 0.188. The van der Waals surface area contributed by atoms with E-state index in [1.807, 2.05) is 31.2 Å². The fraction of sp³-hybridized carbons (Fsp3) is 0.125. The lowest BCUT2D eigenvalue weighted by Crippen LogP contribution is -2.29. The van der Waals surface area contributed by atoms with Crippen molar-refractivity contribution in [3.8, 4) is 5.69 Å². The number of amides is 2. The van der Waals surface area contributed by atoms with Crippen LogP contribution in [0, 0.1) is 6.92 Å². The molecule has 0 unspecified atom stereocenters. The van der Waals surface area contributed by atoms with E-state index >= 15 is 0 Å². The number of urea groups is 1. The molecule has 3 aromatic rings. The second kappa shape index (κ2) is 7.10. The molecule has 0 spiro atoms. The highest BCUT2D eigenvalue weighted by Gasteiger charge is 2.10. The van der Waals surface area contributed by atoms with Gasteiger partial charge in [-0.1, -0.05) is 35.4 Å². The molecule has 3 rings (SSSR count). The topological polar surface area (TPSA) is 84.7 Å². The van der Waals surface area contributed by atoms with Crippen molar-refractivity contribution in [1.82, 2.24) is 25.5 Å². The van der Waals surface area contributed by atoms with Crippen molar-refractivity contribution in [3.05, 3.63) is 64.9 Å². The zero-order valence-corrected chi connectivity index (χ0v) is 13.7. The summed E-state index contributed by atoms with van der Waals surface area (Å²) < 4.78 is 1.58. The molecule has 2 amide bonds. The van der Waals surface area contributed by atoms with Gasteiger partial charge in [-0.3, -0.25) is 0 Å². The second-order valence-corrected chi connectivity index (χ2v) is 5.60. The molecule has 0 aliphatic carbocycles. The highest BCUT2D eigenvalue weighted by molar-refractivity contribution is 6.30. The molecule has 2 N–H and O–H groups in total. The monoisotopic (exact) mass is 342 g/mol. The predicted octanol–water partition coefficient (Wildman–Crippen LogP) is 2.95. The Labute approximate surface area is 143 Å². The Hall–Kier alpha value is -2.93. The molecule has 0 bridgehead atoms. The number of aromatic nitrogens is 4. The van der Waals surface area contributed by atoms with Crippen LogP contribution in [0.25, 0.3) is 5.69 Å². The van der Waals surface area contributed by atoms with Crippen LogP contribution in [0.3, 0.4) is 0 Å². The molecule has 0 fully saturated rings. The molecule has 0 aliphatic heterocycles. The molecule has 122 valence electrons. The van der Waals surface area contributed by atoms with E-state index in [2.05, 4.69) is 26.2 Å². The average Bonchev–Trinajstić information content (AvgIpc) is 3.02. The normalized spacial score (nSPS) is 10.4. The van der Waals surface area contributed by atoms with Crippen molar-refractivity contribution >= 4 is 23.3 Å². The molecule has 7 nitrogen and oxygen atoms in total. The van der Waals surface area contributed by atoms with E-state index in [0.29, 0.717) is 16.5 Å². The van der Waals surface area contributed by atoms with E-state index in [-0.39, 0.29) is 12.6 Å². The van der Waals surface area contributed by atoms with Gasteiger partial charge >= 0.3 is 6.03 Å². The first-order valence-electron chi connectivity index (χ1n) is 7.26. The number of nitrogens with one attached hydrogen (secondary N) is 2. The number of aryl methyl sites for hydroxylation is 1. The summed E-state index contributed by atoms with van der Waals surface area (Å²) >= 11 is 5.88. The maximum Gasteiger partial charge on any atom is 0.319 e. The van der Waals surface area contributed by atoms with Crippen molar-refractivity contribution in [3.63, 3.8) is 0 Å². The average molecular weight is 343 g/mol. The number of rotatable bonds is 4. The second-order valence-electron chi connectivity index (χ2n) is 5.16. The molecular weight excluding hydrogens is 328 g/mol. The van der Waals surface area contributed by atoms with E-state index in [0.717, 1.165) is 11.3 Å². The van der Waals surface area contributed by atoms with Gasteiger partial charge in [0.25, 0.3) is 0 Å². The van der Waals surface area contributed by atoms with Crippen LogP contribution >= 0.6 is 11.6 Å². The van der Waals surface area contributed by atoms with Crippen LogP contribution in [0.2, 0.25) is 5.02 Å². The summed E-state index contributed by atoms with van der Waals surface area (Å²) in [5.41, 5.74) is 2.59. The SMILES string of the molecule is Cc1ccc(-n2nnnc2CNC(=O)Nc2cccc(Cl)c2)cc1. The Kier molecular flexibility index (Phi) is 4.72. The van der Waals surface area contributed by atoms with Crippen LogP contribution in [0.4, 0.5) is 10.5 Å². The van der Waals surface area contributed by atoms with Crippen molar-refractivity contribution in [1.29, 1.82) is 0 Å². The summed E-state index contributed by atoms with van der Waals surface area (Å²) in [5.74, 6) is 0.528. The standard InChI is InChI=1S/C16H15ClN6O/c1-11-5-7-14(8-6-11)23-15(20-21-22-23)10-18-16(24)19-13-4-2-3-12(17)9-13/h2-9H,10H2,1H3,(H2,18,19,24). The van der Waals surface area contributed by atoms with E-state index in [4.69, 9.17) is 11.6 Å². The van der Waals surface area contributed by atoms with Crippen molar-refractivity contribution in [2.24, 2.45) is 0 Å². The van der Waals surface area contributed by atoms with Gasteiger partial charge in [0.15, 0.2) is 5.82 Å². The van der Waals surface area contributed by atoms with E-state index in [9.17, 15) is 4.79 Å². The maximum atomic E-state index is 12.0. The lowest BCUT2D eigenvalue weighted by molar-refractivity contribution is 0.251. The first kappa shape index (κ1) is 15.9. The third kappa shape index (κ3) is 3.88. The lowest BCUT2D eigenvalue weighted by Gasteiger charge is -2.08. The fourth-order valence-electron chi connectivity index (χ4n) is 2.10. The van der Waals surface area contributed by atoms with Crippen LogP contribution in [0.15, 0.2) is 48.5 Å². The molecule has 8 heteroatoms. The Morgan fingerprint density at radius 1 is 1.21 bits per heavy atom. The van der Waals surface area contributed by atoms with Crippen LogP contribution in [0.1, 0.15) is 11.4 Å². The minimum atomic E-state index is -0.365. The summed E-state index contributed by atoms with van der Waals surface area (Å²) in [6.45, 7) is 2.19. The van der Waals surface area contributed by atoms with Gasteiger partial charge in [-0.15, -0.1) is 5.10 Å².